The lowest BCUT2D eigenvalue weighted by molar-refractivity contribution is 0.216. The van der Waals surface area contributed by atoms with Crippen molar-refractivity contribution in [3.05, 3.63) is 35.9 Å². The van der Waals surface area contributed by atoms with Crippen molar-refractivity contribution < 1.29 is 0 Å². The van der Waals surface area contributed by atoms with Gasteiger partial charge in [-0.25, -0.2) is 0 Å². The lowest BCUT2D eigenvalue weighted by atomic mass is 10.1. The van der Waals surface area contributed by atoms with Gasteiger partial charge in [0.1, 0.15) is 0 Å². The Balaban J connectivity index is 2.33. The van der Waals surface area contributed by atoms with Gasteiger partial charge in [-0.15, -0.1) is 0 Å². The molecule has 18 heavy (non-hydrogen) atoms. The van der Waals surface area contributed by atoms with E-state index in [2.05, 4.69) is 68.4 Å². The van der Waals surface area contributed by atoms with Crippen molar-refractivity contribution in [1.29, 1.82) is 0 Å². The van der Waals surface area contributed by atoms with Crippen molar-refractivity contribution in [2.24, 2.45) is 0 Å². The van der Waals surface area contributed by atoms with Crippen LogP contribution in [0.25, 0.3) is 0 Å². The number of rotatable bonds is 8. The van der Waals surface area contributed by atoms with Crippen LogP contribution in [-0.2, 0) is 6.42 Å². The van der Waals surface area contributed by atoms with Crippen LogP contribution in [-0.4, -0.2) is 37.1 Å². The van der Waals surface area contributed by atoms with Crippen LogP contribution in [0.1, 0.15) is 32.8 Å². The number of benzene rings is 1. The van der Waals surface area contributed by atoms with E-state index in [1.807, 2.05) is 0 Å². The van der Waals surface area contributed by atoms with Gasteiger partial charge in [0.25, 0.3) is 0 Å². The molecule has 0 amide bonds. The van der Waals surface area contributed by atoms with Crippen molar-refractivity contribution in [3.8, 4) is 0 Å². The second-order valence-corrected chi connectivity index (χ2v) is 5.20. The van der Waals surface area contributed by atoms with E-state index >= 15 is 0 Å². The molecule has 0 aliphatic heterocycles. The van der Waals surface area contributed by atoms with Gasteiger partial charge < -0.3 is 10.2 Å². The maximum atomic E-state index is 3.57. The fourth-order valence-corrected chi connectivity index (χ4v) is 2.08. The van der Waals surface area contributed by atoms with Crippen LogP contribution in [0.5, 0.6) is 0 Å². The summed E-state index contributed by atoms with van der Waals surface area (Å²) >= 11 is 0. The van der Waals surface area contributed by atoms with Crippen LogP contribution in [0.15, 0.2) is 30.3 Å². The highest BCUT2D eigenvalue weighted by molar-refractivity contribution is 5.14. The predicted molar refractivity (Wildman–Crippen MR) is 80.0 cm³/mol. The number of nitrogens with zero attached hydrogens (tertiary/aromatic N) is 1. The standard InChI is InChI=1S/C16H28N2/c1-5-12-17-14(2)15(3)18(4)13-11-16-9-7-6-8-10-16/h6-10,14-15,17H,5,11-13H2,1-4H3. The van der Waals surface area contributed by atoms with Gasteiger partial charge in [-0.1, -0.05) is 37.3 Å². The fraction of sp³-hybridized carbons (Fsp3) is 0.625. The summed E-state index contributed by atoms with van der Waals surface area (Å²) in [7, 11) is 2.22. The Morgan fingerprint density at radius 3 is 2.44 bits per heavy atom. The van der Waals surface area contributed by atoms with Crippen molar-refractivity contribution in [2.45, 2.75) is 45.7 Å². The average molecular weight is 248 g/mol. The third kappa shape index (κ3) is 5.19. The molecule has 1 N–H and O–H groups in total. The van der Waals surface area contributed by atoms with Crippen LogP contribution >= 0.6 is 0 Å². The molecule has 0 heterocycles. The van der Waals surface area contributed by atoms with Gasteiger partial charge in [0.2, 0.25) is 0 Å². The number of likely N-dealkylation sites (N-methyl/N-ethyl adjacent to an activating group) is 1. The lowest BCUT2D eigenvalue weighted by Crippen LogP contribution is -2.46. The predicted octanol–water partition coefficient (Wildman–Crippen LogP) is 2.94. The Hall–Kier alpha value is -0.860. The van der Waals surface area contributed by atoms with E-state index in [0.29, 0.717) is 12.1 Å². The summed E-state index contributed by atoms with van der Waals surface area (Å²) in [5.41, 5.74) is 1.42. The van der Waals surface area contributed by atoms with Crippen molar-refractivity contribution >= 4 is 0 Å². The second-order valence-electron chi connectivity index (χ2n) is 5.20. The molecule has 102 valence electrons. The number of nitrogens with one attached hydrogen (secondary N) is 1. The van der Waals surface area contributed by atoms with Crippen LogP contribution in [0.4, 0.5) is 0 Å². The van der Waals surface area contributed by atoms with Crippen molar-refractivity contribution in [2.75, 3.05) is 20.1 Å². The molecule has 1 aromatic carbocycles. The Labute approximate surface area is 112 Å². The van der Waals surface area contributed by atoms with Crippen LogP contribution in [0.2, 0.25) is 0 Å². The highest BCUT2D eigenvalue weighted by Crippen LogP contribution is 2.05. The van der Waals surface area contributed by atoms with E-state index in [4.69, 9.17) is 0 Å². The highest BCUT2D eigenvalue weighted by Gasteiger charge is 2.15. The molecule has 1 rings (SSSR count). The summed E-state index contributed by atoms with van der Waals surface area (Å²) in [6.45, 7) is 9.02. The van der Waals surface area contributed by atoms with Crippen LogP contribution in [0, 0.1) is 0 Å². The normalized spacial score (nSPS) is 14.7. The number of hydrogen-bond donors (Lipinski definition) is 1. The zero-order valence-electron chi connectivity index (χ0n) is 12.3. The minimum atomic E-state index is 0.547. The first-order chi connectivity index (χ1) is 8.65. The average Bonchev–Trinajstić information content (AvgIpc) is 2.42. The fourth-order valence-electron chi connectivity index (χ4n) is 2.08. The summed E-state index contributed by atoms with van der Waals surface area (Å²) in [6, 6.07) is 11.8. The van der Waals surface area contributed by atoms with Gasteiger partial charge in [0, 0.05) is 18.6 Å². The van der Waals surface area contributed by atoms with Gasteiger partial charge in [-0.05, 0) is 45.8 Å². The Morgan fingerprint density at radius 2 is 1.83 bits per heavy atom. The van der Waals surface area contributed by atoms with E-state index in [9.17, 15) is 0 Å². The molecule has 0 aliphatic carbocycles. The summed E-state index contributed by atoms with van der Waals surface area (Å²) in [4.78, 5) is 2.44. The molecule has 0 spiro atoms. The molecule has 0 fully saturated rings. The van der Waals surface area contributed by atoms with E-state index in [1.54, 1.807) is 0 Å². The highest BCUT2D eigenvalue weighted by atomic mass is 15.2. The van der Waals surface area contributed by atoms with Gasteiger partial charge in [-0.3, -0.25) is 0 Å². The summed E-state index contributed by atoms with van der Waals surface area (Å²) in [5.74, 6) is 0. The molecule has 0 saturated heterocycles. The Bertz CT molecular complexity index is 310. The van der Waals surface area contributed by atoms with Crippen LogP contribution < -0.4 is 5.32 Å². The first-order valence-electron chi connectivity index (χ1n) is 7.12. The molecule has 1 aromatic rings. The number of hydrogen-bond acceptors (Lipinski definition) is 2. The topological polar surface area (TPSA) is 15.3 Å². The minimum absolute atomic E-state index is 0.547. The summed E-state index contributed by atoms with van der Waals surface area (Å²) in [5, 5.41) is 3.57. The monoisotopic (exact) mass is 248 g/mol. The smallest absolute Gasteiger partial charge is 0.0215 e. The molecule has 0 radical (unpaired) electrons. The van der Waals surface area contributed by atoms with E-state index in [0.717, 1.165) is 19.5 Å². The molecular weight excluding hydrogens is 220 g/mol. The maximum absolute atomic E-state index is 3.57. The zero-order chi connectivity index (χ0) is 13.4. The first kappa shape index (κ1) is 15.2. The first-order valence-corrected chi connectivity index (χ1v) is 7.12. The summed E-state index contributed by atoms with van der Waals surface area (Å²) in [6.07, 6.45) is 2.33. The van der Waals surface area contributed by atoms with Crippen LogP contribution in [0.3, 0.4) is 0 Å². The van der Waals surface area contributed by atoms with Gasteiger partial charge in [-0.2, -0.15) is 0 Å². The third-order valence-corrected chi connectivity index (χ3v) is 3.73. The largest absolute Gasteiger partial charge is 0.313 e. The molecule has 0 aliphatic rings. The Kier molecular flexibility index (Phi) is 6.99. The minimum Gasteiger partial charge on any atom is -0.313 e. The Morgan fingerprint density at radius 1 is 1.17 bits per heavy atom. The molecule has 2 nitrogen and oxygen atoms in total. The molecule has 2 heteroatoms. The van der Waals surface area contributed by atoms with E-state index in [1.165, 1.54) is 12.0 Å². The SMILES string of the molecule is CCCNC(C)C(C)N(C)CCc1ccccc1. The van der Waals surface area contributed by atoms with Crippen molar-refractivity contribution in [3.63, 3.8) is 0 Å². The summed E-state index contributed by atoms with van der Waals surface area (Å²) < 4.78 is 0. The van der Waals surface area contributed by atoms with Gasteiger partial charge in [0.05, 0.1) is 0 Å². The van der Waals surface area contributed by atoms with Crippen molar-refractivity contribution in [1.82, 2.24) is 10.2 Å². The second kappa shape index (κ2) is 8.28. The molecule has 2 atom stereocenters. The lowest BCUT2D eigenvalue weighted by Gasteiger charge is -2.30. The quantitative estimate of drug-likeness (QED) is 0.761. The van der Waals surface area contributed by atoms with Gasteiger partial charge >= 0.3 is 0 Å². The molecule has 2 unspecified atom stereocenters. The maximum Gasteiger partial charge on any atom is 0.0215 e. The molecular formula is C16H28N2. The van der Waals surface area contributed by atoms with E-state index < -0.39 is 0 Å². The third-order valence-electron chi connectivity index (χ3n) is 3.73. The molecule has 0 bridgehead atoms. The molecule has 0 saturated carbocycles. The zero-order valence-corrected chi connectivity index (χ0v) is 12.3. The van der Waals surface area contributed by atoms with Gasteiger partial charge in [0.15, 0.2) is 0 Å². The van der Waals surface area contributed by atoms with E-state index in [-0.39, 0.29) is 0 Å². The molecule has 0 aromatic heterocycles.